The molecular weight excluding hydrogens is 446 g/mol. The molecule has 174 valence electrons. The molecule has 10 heteroatoms. The minimum Gasteiger partial charge on any atom is -0.444 e. The molecule has 0 saturated carbocycles. The largest absolute Gasteiger partial charge is 0.444 e. The van der Waals surface area contributed by atoms with Gasteiger partial charge in [-0.3, -0.25) is 9.88 Å². The zero-order valence-corrected chi connectivity index (χ0v) is 21.0. The second kappa shape index (κ2) is 10.2. The normalized spacial score (nSPS) is 19.0. The van der Waals surface area contributed by atoms with E-state index in [2.05, 4.69) is 44.2 Å². The van der Waals surface area contributed by atoms with E-state index in [1.165, 1.54) is 4.57 Å². The Morgan fingerprint density at radius 3 is 2.66 bits per heavy atom. The van der Waals surface area contributed by atoms with Crippen LogP contribution in [-0.2, 0) is 20.5 Å². The Labute approximate surface area is 193 Å². The standard InChI is InChI=1S/C22H31N3O5SSi/c1-22(2,3)32(4,5)29-14-19-30-18(15-31-19)25-12-11-17(23-20(25)26)24-21(27)28-13-16-9-7-6-8-10-16/h6-12,18-19H,13-15H2,1-5H3,(H,23,24,26,27)/t18-,19+/m0/s1. The topological polar surface area (TPSA) is 91.7 Å². The van der Waals surface area contributed by atoms with E-state index in [-0.39, 0.29) is 22.9 Å². The van der Waals surface area contributed by atoms with Gasteiger partial charge in [-0.1, -0.05) is 51.1 Å². The molecule has 3 rings (SSSR count). The molecule has 0 spiro atoms. The Hall–Kier alpha value is -2.14. The summed E-state index contributed by atoms with van der Waals surface area (Å²) in [5.41, 5.74) is 0.239. The Morgan fingerprint density at radius 2 is 2.00 bits per heavy atom. The van der Waals surface area contributed by atoms with Gasteiger partial charge in [0.1, 0.15) is 24.1 Å². The summed E-state index contributed by atoms with van der Waals surface area (Å²) in [7, 11) is -1.86. The number of nitrogens with zero attached hydrogens (tertiary/aromatic N) is 2. The average Bonchev–Trinajstić information content (AvgIpc) is 3.20. The Balaban J connectivity index is 1.52. The predicted octanol–water partition coefficient (Wildman–Crippen LogP) is 4.60. The van der Waals surface area contributed by atoms with Crippen molar-refractivity contribution >= 4 is 32.0 Å². The number of amides is 1. The summed E-state index contributed by atoms with van der Waals surface area (Å²) in [6.07, 6.45) is 0.478. The highest BCUT2D eigenvalue weighted by molar-refractivity contribution is 8.00. The molecule has 1 aliphatic heterocycles. The SMILES string of the molecule is CC(C)(C)[Si](C)(C)OC[C@@H]1O[C@H](n2ccc(NC(=O)OCc3ccccc3)nc2=O)CS1. The summed E-state index contributed by atoms with van der Waals surface area (Å²) in [5, 5.41) is 2.61. The molecule has 1 aromatic carbocycles. The lowest BCUT2D eigenvalue weighted by atomic mass is 10.2. The molecule has 2 atom stereocenters. The number of anilines is 1. The lowest BCUT2D eigenvalue weighted by Crippen LogP contribution is -2.42. The number of nitrogens with one attached hydrogen (secondary N) is 1. The van der Waals surface area contributed by atoms with Crippen molar-refractivity contribution in [3.8, 4) is 0 Å². The molecule has 1 aliphatic rings. The van der Waals surface area contributed by atoms with Crippen molar-refractivity contribution in [1.82, 2.24) is 9.55 Å². The third-order valence-electron chi connectivity index (χ3n) is 5.70. The van der Waals surface area contributed by atoms with Crippen LogP contribution in [0.1, 0.15) is 32.6 Å². The second-order valence-corrected chi connectivity index (χ2v) is 15.1. The maximum absolute atomic E-state index is 12.5. The highest BCUT2D eigenvalue weighted by atomic mass is 32.2. The molecule has 1 fully saturated rings. The van der Waals surface area contributed by atoms with Gasteiger partial charge in [-0.25, -0.2) is 9.59 Å². The molecule has 1 amide bonds. The van der Waals surface area contributed by atoms with Crippen molar-refractivity contribution in [3.05, 3.63) is 58.6 Å². The van der Waals surface area contributed by atoms with Gasteiger partial charge in [-0.15, -0.1) is 11.8 Å². The van der Waals surface area contributed by atoms with Crippen LogP contribution in [0.5, 0.6) is 0 Å². The fraction of sp³-hybridized carbons (Fsp3) is 0.500. The summed E-state index contributed by atoms with van der Waals surface area (Å²) < 4.78 is 18.8. The van der Waals surface area contributed by atoms with Crippen molar-refractivity contribution in [3.63, 3.8) is 0 Å². The number of ether oxygens (including phenoxy) is 2. The number of hydrogen-bond acceptors (Lipinski definition) is 7. The van der Waals surface area contributed by atoms with Crippen molar-refractivity contribution < 1.29 is 18.7 Å². The second-order valence-electron chi connectivity index (χ2n) is 9.11. The number of hydrogen-bond donors (Lipinski definition) is 1. The molecule has 0 radical (unpaired) electrons. The van der Waals surface area contributed by atoms with Crippen molar-refractivity contribution in [1.29, 1.82) is 0 Å². The smallest absolute Gasteiger partial charge is 0.413 e. The molecule has 32 heavy (non-hydrogen) atoms. The number of rotatable bonds is 7. The van der Waals surface area contributed by atoms with Gasteiger partial charge in [-0.05, 0) is 29.8 Å². The van der Waals surface area contributed by atoms with E-state index in [1.807, 2.05) is 30.3 Å². The van der Waals surface area contributed by atoms with Crippen LogP contribution in [0.3, 0.4) is 0 Å². The van der Waals surface area contributed by atoms with Gasteiger partial charge in [0, 0.05) is 11.9 Å². The van der Waals surface area contributed by atoms with E-state index in [0.29, 0.717) is 12.4 Å². The van der Waals surface area contributed by atoms with E-state index < -0.39 is 26.3 Å². The van der Waals surface area contributed by atoms with Gasteiger partial charge in [0.2, 0.25) is 0 Å². The predicted molar refractivity (Wildman–Crippen MR) is 128 cm³/mol. The molecule has 2 heterocycles. The van der Waals surface area contributed by atoms with Crippen molar-refractivity contribution in [2.24, 2.45) is 0 Å². The first kappa shape index (κ1) is 24.5. The highest BCUT2D eigenvalue weighted by Gasteiger charge is 2.39. The van der Waals surface area contributed by atoms with Crippen LogP contribution >= 0.6 is 11.8 Å². The fourth-order valence-electron chi connectivity index (χ4n) is 2.73. The highest BCUT2D eigenvalue weighted by Crippen LogP contribution is 2.38. The van der Waals surface area contributed by atoms with Crippen LogP contribution in [0.4, 0.5) is 10.6 Å². The maximum Gasteiger partial charge on any atom is 0.413 e. The number of benzene rings is 1. The summed E-state index contributed by atoms with van der Waals surface area (Å²) in [4.78, 5) is 28.4. The summed E-state index contributed by atoms with van der Waals surface area (Å²) in [5.74, 6) is 0.756. The van der Waals surface area contributed by atoms with Crippen LogP contribution < -0.4 is 11.0 Å². The number of carbonyl (C=O) groups excluding carboxylic acids is 1. The van der Waals surface area contributed by atoms with Crippen molar-refractivity contribution in [2.75, 3.05) is 17.7 Å². The lowest BCUT2D eigenvalue weighted by molar-refractivity contribution is -0.00410. The fourth-order valence-corrected chi connectivity index (χ4v) is 4.85. The molecule has 0 unspecified atom stereocenters. The number of carbonyl (C=O) groups is 1. The van der Waals surface area contributed by atoms with E-state index in [0.717, 1.165) is 5.56 Å². The van der Waals surface area contributed by atoms with Crippen LogP contribution in [0.25, 0.3) is 0 Å². The van der Waals surface area contributed by atoms with Gasteiger partial charge in [0.15, 0.2) is 8.32 Å². The minimum atomic E-state index is -1.86. The van der Waals surface area contributed by atoms with Crippen LogP contribution in [0.15, 0.2) is 47.4 Å². The average molecular weight is 478 g/mol. The molecule has 2 aromatic rings. The zero-order valence-electron chi connectivity index (χ0n) is 19.2. The van der Waals surface area contributed by atoms with E-state index in [9.17, 15) is 9.59 Å². The Kier molecular flexibility index (Phi) is 7.81. The molecule has 0 aliphatic carbocycles. The molecular formula is C22H31N3O5SSi. The monoisotopic (exact) mass is 477 g/mol. The van der Waals surface area contributed by atoms with E-state index >= 15 is 0 Å². The molecule has 1 N–H and O–H groups in total. The van der Waals surface area contributed by atoms with Crippen molar-refractivity contribution in [2.45, 2.75) is 57.2 Å². The first-order valence-corrected chi connectivity index (χ1v) is 14.5. The first-order valence-electron chi connectivity index (χ1n) is 10.5. The van der Waals surface area contributed by atoms with E-state index in [1.54, 1.807) is 24.0 Å². The van der Waals surface area contributed by atoms with Crippen LogP contribution in [0, 0.1) is 0 Å². The van der Waals surface area contributed by atoms with Gasteiger partial charge in [-0.2, -0.15) is 4.98 Å². The van der Waals surface area contributed by atoms with Crippen LogP contribution in [-0.4, -0.2) is 41.8 Å². The lowest BCUT2D eigenvalue weighted by Gasteiger charge is -2.36. The van der Waals surface area contributed by atoms with Gasteiger partial charge < -0.3 is 13.9 Å². The third kappa shape index (κ3) is 6.44. The Morgan fingerprint density at radius 1 is 1.28 bits per heavy atom. The maximum atomic E-state index is 12.5. The third-order valence-corrected chi connectivity index (χ3v) is 11.3. The molecule has 1 saturated heterocycles. The molecule has 0 bridgehead atoms. The zero-order chi connectivity index (χ0) is 23.4. The minimum absolute atomic E-state index is 0.127. The summed E-state index contributed by atoms with van der Waals surface area (Å²) >= 11 is 1.62. The molecule has 8 nitrogen and oxygen atoms in total. The quantitative estimate of drug-likeness (QED) is 0.583. The summed E-state index contributed by atoms with van der Waals surface area (Å²) in [6.45, 7) is 11.6. The van der Waals surface area contributed by atoms with Gasteiger partial charge >= 0.3 is 11.8 Å². The van der Waals surface area contributed by atoms with Gasteiger partial charge in [0.25, 0.3) is 0 Å². The summed E-state index contributed by atoms with van der Waals surface area (Å²) in [6, 6.07) is 10.9. The number of thioether (sulfide) groups is 1. The van der Waals surface area contributed by atoms with E-state index in [4.69, 9.17) is 13.9 Å². The molecule has 1 aromatic heterocycles. The van der Waals surface area contributed by atoms with Crippen LogP contribution in [0.2, 0.25) is 18.1 Å². The Bertz CT molecular complexity index is 978. The van der Waals surface area contributed by atoms with Gasteiger partial charge in [0.05, 0.1) is 6.61 Å². The first-order chi connectivity index (χ1) is 15.0. The number of aromatic nitrogens is 2.